The first-order valence-electron chi connectivity index (χ1n) is 8.58. The van der Waals surface area contributed by atoms with Crippen LogP contribution in [0, 0.1) is 0 Å². The zero-order valence-corrected chi connectivity index (χ0v) is 15.0. The van der Waals surface area contributed by atoms with Crippen molar-refractivity contribution < 1.29 is 27.4 Å². The third kappa shape index (κ3) is 3.56. The van der Waals surface area contributed by atoms with Crippen LogP contribution in [0.3, 0.4) is 0 Å². The Morgan fingerprint density at radius 3 is 2.78 bits per heavy atom. The summed E-state index contributed by atoms with van der Waals surface area (Å²) in [6, 6.07) is 1.76. The van der Waals surface area contributed by atoms with E-state index in [1.165, 1.54) is 6.08 Å². The number of fused-ring (bicyclic) bond motifs is 1. The Bertz CT molecular complexity index is 932. The molecule has 0 bridgehead atoms. The average Bonchev–Trinajstić information content (AvgIpc) is 2.96. The van der Waals surface area contributed by atoms with Gasteiger partial charge < -0.3 is 14.0 Å². The summed E-state index contributed by atoms with van der Waals surface area (Å²) in [5, 5.41) is 0.673. The molecule has 0 fully saturated rings. The molecule has 3 rings (SSSR count). The summed E-state index contributed by atoms with van der Waals surface area (Å²) in [5.41, 5.74) is 1.56. The largest absolute Gasteiger partial charge is 0.493 e. The van der Waals surface area contributed by atoms with Crippen LogP contribution in [-0.2, 0) is 22.6 Å². The zero-order chi connectivity index (χ0) is 19.6. The lowest BCUT2D eigenvalue weighted by atomic mass is 10.1. The number of carbonyl (C=O) groups is 1. The molecule has 0 aromatic carbocycles. The van der Waals surface area contributed by atoms with Crippen LogP contribution in [0.15, 0.2) is 42.2 Å². The van der Waals surface area contributed by atoms with Gasteiger partial charge in [0, 0.05) is 29.9 Å². The highest BCUT2D eigenvalue weighted by Gasteiger charge is 2.39. The molecule has 0 amide bonds. The number of hydrogen-bond donors (Lipinski definition) is 0. The van der Waals surface area contributed by atoms with Gasteiger partial charge in [0.15, 0.2) is 5.83 Å². The molecule has 1 aliphatic rings. The third-order valence-electron chi connectivity index (χ3n) is 4.32. The lowest BCUT2D eigenvalue weighted by Crippen LogP contribution is -2.21. The van der Waals surface area contributed by atoms with E-state index in [1.807, 2.05) is 6.92 Å². The number of alkyl halides is 2. The van der Waals surface area contributed by atoms with Crippen LogP contribution < -0.4 is 0 Å². The molecule has 0 aliphatic heterocycles. The van der Waals surface area contributed by atoms with Crippen molar-refractivity contribution in [2.24, 2.45) is 0 Å². The zero-order valence-electron chi connectivity index (χ0n) is 15.0. The number of ether oxygens (including phenoxy) is 2. The molecule has 0 radical (unpaired) electrons. The Labute approximate surface area is 154 Å². The standard InChI is InChI=1S/C19H19F3N2O3/c1-3-24-15-7-8-23-10-13(15)14(17(24)18(25)26-4-2)11-27-12-5-6-16(20)19(21,22)9-12/h5-8,10H,3-4,9,11H2,1-2H3. The van der Waals surface area contributed by atoms with Crippen LogP contribution >= 0.6 is 0 Å². The quantitative estimate of drug-likeness (QED) is 0.691. The highest BCUT2D eigenvalue weighted by atomic mass is 19.3. The molecule has 0 spiro atoms. The second-order valence-corrected chi connectivity index (χ2v) is 6.00. The van der Waals surface area contributed by atoms with Gasteiger partial charge in [0.1, 0.15) is 18.1 Å². The van der Waals surface area contributed by atoms with Gasteiger partial charge in [0.05, 0.1) is 18.5 Å². The van der Waals surface area contributed by atoms with E-state index < -0.39 is 24.1 Å². The average molecular weight is 380 g/mol. The number of aromatic nitrogens is 2. The number of carbonyl (C=O) groups excluding carboxylic acids is 1. The smallest absolute Gasteiger partial charge is 0.355 e. The minimum absolute atomic E-state index is 0.0579. The maximum absolute atomic E-state index is 13.5. The monoisotopic (exact) mass is 380 g/mol. The maximum atomic E-state index is 13.5. The van der Waals surface area contributed by atoms with E-state index in [9.17, 15) is 18.0 Å². The highest BCUT2D eigenvalue weighted by molar-refractivity contribution is 5.98. The number of nitrogens with zero attached hydrogens (tertiary/aromatic N) is 2. The van der Waals surface area contributed by atoms with Crippen molar-refractivity contribution in [1.29, 1.82) is 0 Å². The van der Waals surface area contributed by atoms with Crippen LogP contribution in [0.2, 0.25) is 0 Å². The number of pyridine rings is 1. The number of esters is 1. The summed E-state index contributed by atoms with van der Waals surface area (Å²) in [5.74, 6) is -5.66. The summed E-state index contributed by atoms with van der Waals surface area (Å²) < 4.78 is 52.7. The van der Waals surface area contributed by atoms with E-state index >= 15 is 0 Å². The van der Waals surface area contributed by atoms with Gasteiger partial charge in [-0.05, 0) is 32.1 Å². The fourth-order valence-electron chi connectivity index (χ4n) is 3.09. The van der Waals surface area contributed by atoms with Crippen molar-refractivity contribution in [3.63, 3.8) is 0 Å². The minimum atomic E-state index is -3.59. The van der Waals surface area contributed by atoms with Gasteiger partial charge in [-0.2, -0.15) is 8.78 Å². The van der Waals surface area contributed by atoms with Crippen molar-refractivity contribution in [1.82, 2.24) is 9.55 Å². The lowest BCUT2D eigenvalue weighted by molar-refractivity contribution is -0.00138. The molecule has 2 aromatic rings. The summed E-state index contributed by atoms with van der Waals surface area (Å²) in [7, 11) is 0. The van der Waals surface area contributed by atoms with Gasteiger partial charge in [0.25, 0.3) is 0 Å². The molecule has 27 heavy (non-hydrogen) atoms. The SMILES string of the molecule is CCOC(=O)c1c(COC2=CC=C(F)C(F)(F)C2)c2cnccc2n1CC. The van der Waals surface area contributed by atoms with Gasteiger partial charge in [-0.1, -0.05) is 0 Å². The summed E-state index contributed by atoms with van der Waals surface area (Å²) in [6.07, 6.45) is 4.20. The fraction of sp³-hybridized carbons (Fsp3) is 0.368. The fourth-order valence-corrected chi connectivity index (χ4v) is 3.09. The Morgan fingerprint density at radius 2 is 2.11 bits per heavy atom. The van der Waals surface area contributed by atoms with E-state index in [-0.39, 0.29) is 19.0 Å². The van der Waals surface area contributed by atoms with Gasteiger partial charge in [-0.15, -0.1) is 0 Å². The van der Waals surface area contributed by atoms with Crippen molar-refractivity contribution >= 4 is 16.9 Å². The Hall–Kier alpha value is -2.77. The lowest BCUT2D eigenvalue weighted by Gasteiger charge is -2.20. The predicted octanol–water partition coefficient (Wildman–Crippen LogP) is 4.53. The number of halogens is 3. The number of aryl methyl sites for hydroxylation is 1. The highest BCUT2D eigenvalue weighted by Crippen LogP contribution is 2.36. The van der Waals surface area contributed by atoms with Gasteiger partial charge >= 0.3 is 11.9 Å². The summed E-state index contributed by atoms with van der Waals surface area (Å²) in [4.78, 5) is 16.6. The molecular formula is C19H19F3N2O3. The van der Waals surface area contributed by atoms with Crippen molar-refractivity contribution in [2.45, 2.75) is 39.3 Å². The molecule has 5 nitrogen and oxygen atoms in total. The number of allylic oxidation sites excluding steroid dienone is 4. The van der Waals surface area contributed by atoms with Crippen LogP contribution in [0.4, 0.5) is 13.2 Å². The van der Waals surface area contributed by atoms with Gasteiger partial charge in [-0.25, -0.2) is 9.18 Å². The van der Waals surface area contributed by atoms with E-state index in [4.69, 9.17) is 9.47 Å². The molecule has 144 valence electrons. The first kappa shape index (κ1) is 19.0. The van der Waals surface area contributed by atoms with Crippen LogP contribution in [0.25, 0.3) is 10.9 Å². The van der Waals surface area contributed by atoms with Crippen LogP contribution in [0.5, 0.6) is 0 Å². The molecular weight excluding hydrogens is 361 g/mol. The third-order valence-corrected chi connectivity index (χ3v) is 4.32. The summed E-state index contributed by atoms with van der Waals surface area (Å²) in [6.45, 7) is 4.14. The summed E-state index contributed by atoms with van der Waals surface area (Å²) >= 11 is 0. The van der Waals surface area contributed by atoms with Crippen molar-refractivity contribution in [3.8, 4) is 0 Å². The first-order valence-corrected chi connectivity index (χ1v) is 8.58. The molecule has 0 unspecified atom stereocenters. The Morgan fingerprint density at radius 1 is 1.33 bits per heavy atom. The molecule has 1 aliphatic carbocycles. The normalized spacial score (nSPS) is 16.0. The second-order valence-electron chi connectivity index (χ2n) is 6.00. The van der Waals surface area contributed by atoms with E-state index in [2.05, 4.69) is 4.98 Å². The second kappa shape index (κ2) is 7.46. The van der Waals surface area contributed by atoms with E-state index in [1.54, 1.807) is 30.0 Å². The number of hydrogen-bond acceptors (Lipinski definition) is 4. The molecule has 8 heteroatoms. The first-order chi connectivity index (χ1) is 12.9. The van der Waals surface area contributed by atoms with Crippen LogP contribution in [0.1, 0.15) is 36.3 Å². The minimum Gasteiger partial charge on any atom is -0.493 e. The molecule has 2 aromatic heterocycles. The van der Waals surface area contributed by atoms with Crippen molar-refractivity contribution in [3.05, 3.63) is 53.5 Å². The molecule has 0 saturated heterocycles. The Kier molecular flexibility index (Phi) is 5.25. The molecule has 0 atom stereocenters. The van der Waals surface area contributed by atoms with Gasteiger partial charge in [-0.3, -0.25) is 4.98 Å². The Balaban J connectivity index is 1.98. The van der Waals surface area contributed by atoms with Gasteiger partial charge in [0.2, 0.25) is 0 Å². The van der Waals surface area contributed by atoms with Crippen LogP contribution in [-0.4, -0.2) is 28.0 Å². The number of rotatable bonds is 6. The van der Waals surface area contributed by atoms with Crippen molar-refractivity contribution in [2.75, 3.05) is 6.61 Å². The molecule has 0 saturated carbocycles. The topological polar surface area (TPSA) is 53.4 Å². The maximum Gasteiger partial charge on any atom is 0.355 e. The molecule has 0 N–H and O–H groups in total. The molecule has 2 heterocycles. The van der Waals surface area contributed by atoms with E-state index in [0.29, 0.717) is 29.3 Å². The predicted molar refractivity (Wildman–Crippen MR) is 93.0 cm³/mol. The van der Waals surface area contributed by atoms with E-state index in [0.717, 1.165) is 5.52 Å².